The van der Waals surface area contributed by atoms with Crippen LogP contribution in [-0.2, 0) is 16.0 Å². The van der Waals surface area contributed by atoms with E-state index in [0.29, 0.717) is 18.3 Å². The fourth-order valence-electron chi connectivity index (χ4n) is 2.61. The Balaban J connectivity index is 2.04. The largest absolute Gasteiger partial charge is 0.462 e. The Morgan fingerprint density at radius 1 is 1.38 bits per heavy atom. The Morgan fingerprint density at radius 3 is 2.71 bits per heavy atom. The third-order valence-corrected chi connectivity index (χ3v) is 5.11. The SMILES string of the molecule is CCOC(=O)c1cccc(CN2CCC(OC)CC2)c1I. The van der Waals surface area contributed by atoms with Gasteiger partial charge in [0.2, 0.25) is 0 Å². The van der Waals surface area contributed by atoms with Gasteiger partial charge in [-0.25, -0.2) is 4.79 Å². The Labute approximate surface area is 139 Å². The van der Waals surface area contributed by atoms with Crippen LogP contribution in [0.15, 0.2) is 18.2 Å². The number of hydrogen-bond donors (Lipinski definition) is 0. The summed E-state index contributed by atoms with van der Waals surface area (Å²) in [5, 5.41) is 0. The van der Waals surface area contributed by atoms with Crippen molar-refractivity contribution in [2.24, 2.45) is 0 Å². The minimum Gasteiger partial charge on any atom is -0.462 e. The fraction of sp³-hybridized carbons (Fsp3) is 0.562. The van der Waals surface area contributed by atoms with Crippen LogP contribution < -0.4 is 0 Å². The minimum absolute atomic E-state index is 0.234. The van der Waals surface area contributed by atoms with E-state index in [4.69, 9.17) is 9.47 Å². The molecule has 1 fully saturated rings. The number of methoxy groups -OCH3 is 1. The second-order valence-electron chi connectivity index (χ2n) is 5.21. The van der Waals surface area contributed by atoms with Gasteiger partial charge in [-0.1, -0.05) is 12.1 Å². The second-order valence-corrected chi connectivity index (χ2v) is 6.29. The van der Waals surface area contributed by atoms with Crippen molar-refractivity contribution in [1.29, 1.82) is 0 Å². The molecular weight excluding hydrogens is 381 g/mol. The Bertz CT molecular complexity index is 484. The molecule has 1 aromatic carbocycles. The average molecular weight is 403 g/mol. The molecule has 2 rings (SSSR count). The Kier molecular flexibility index (Phi) is 6.44. The lowest BCUT2D eigenvalue weighted by atomic mass is 10.1. The summed E-state index contributed by atoms with van der Waals surface area (Å²) in [4.78, 5) is 14.4. The maximum atomic E-state index is 11.9. The quantitative estimate of drug-likeness (QED) is 0.560. The molecule has 0 atom stereocenters. The number of ether oxygens (including phenoxy) is 2. The molecule has 21 heavy (non-hydrogen) atoms. The van der Waals surface area contributed by atoms with Gasteiger partial charge in [0.05, 0.1) is 18.3 Å². The van der Waals surface area contributed by atoms with Crippen LogP contribution >= 0.6 is 22.6 Å². The molecule has 1 aliphatic rings. The number of likely N-dealkylation sites (tertiary alicyclic amines) is 1. The van der Waals surface area contributed by atoms with Crippen LogP contribution in [0, 0.1) is 3.57 Å². The van der Waals surface area contributed by atoms with Crippen LogP contribution in [0.25, 0.3) is 0 Å². The molecule has 4 nitrogen and oxygen atoms in total. The number of carbonyl (C=O) groups is 1. The summed E-state index contributed by atoms with van der Waals surface area (Å²) in [5.41, 5.74) is 1.86. The van der Waals surface area contributed by atoms with E-state index in [0.717, 1.165) is 36.0 Å². The molecule has 0 saturated carbocycles. The topological polar surface area (TPSA) is 38.8 Å². The van der Waals surface area contributed by atoms with Gasteiger partial charge in [-0.05, 0) is 54.0 Å². The van der Waals surface area contributed by atoms with Gasteiger partial charge >= 0.3 is 5.97 Å². The highest BCUT2D eigenvalue weighted by Gasteiger charge is 2.20. The summed E-state index contributed by atoms with van der Waals surface area (Å²) in [5.74, 6) is -0.234. The number of esters is 1. The summed E-state index contributed by atoms with van der Waals surface area (Å²) in [6.07, 6.45) is 2.54. The van der Waals surface area contributed by atoms with E-state index in [2.05, 4.69) is 33.6 Å². The fourth-order valence-corrected chi connectivity index (χ4v) is 3.36. The monoisotopic (exact) mass is 403 g/mol. The van der Waals surface area contributed by atoms with Crippen molar-refractivity contribution in [1.82, 2.24) is 4.90 Å². The van der Waals surface area contributed by atoms with Crippen LogP contribution in [-0.4, -0.2) is 43.8 Å². The number of piperidine rings is 1. The van der Waals surface area contributed by atoms with Crippen molar-refractivity contribution in [2.45, 2.75) is 32.4 Å². The Hall–Kier alpha value is -0.660. The molecule has 0 unspecified atom stereocenters. The molecule has 5 heteroatoms. The van der Waals surface area contributed by atoms with Gasteiger partial charge in [0.25, 0.3) is 0 Å². The molecular formula is C16H22INO3. The number of hydrogen-bond acceptors (Lipinski definition) is 4. The first-order chi connectivity index (χ1) is 10.2. The van der Waals surface area contributed by atoms with Gasteiger partial charge in [-0.15, -0.1) is 0 Å². The van der Waals surface area contributed by atoms with Gasteiger partial charge in [-0.3, -0.25) is 4.90 Å². The van der Waals surface area contributed by atoms with E-state index in [-0.39, 0.29) is 5.97 Å². The molecule has 0 bridgehead atoms. The lowest BCUT2D eigenvalue weighted by molar-refractivity contribution is 0.0388. The van der Waals surface area contributed by atoms with Gasteiger partial charge < -0.3 is 9.47 Å². The molecule has 0 spiro atoms. The van der Waals surface area contributed by atoms with Crippen molar-refractivity contribution >= 4 is 28.6 Å². The molecule has 0 amide bonds. The molecule has 0 N–H and O–H groups in total. The zero-order chi connectivity index (χ0) is 15.2. The predicted octanol–water partition coefficient (Wildman–Crippen LogP) is 3.08. The lowest BCUT2D eigenvalue weighted by Gasteiger charge is -2.31. The molecule has 1 aromatic rings. The molecule has 0 aromatic heterocycles. The minimum atomic E-state index is -0.234. The van der Waals surface area contributed by atoms with E-state index < -0.39 is 0 Å². The van der Waals surface area contributed by atoms with E-state index in [1.807, 2.05) is 19.1 Å². The van der Waals surface area contributed by atoms with E-state index in [1.54, 1.807) is 7.11 Å². The van der Waals surface area contributed by atoms with Crippen LogP contribution in [0.2, 0.25) is 0 Å². The molecule has 0 radical (unpaired) electrons. The van der Waals surface area contributed by atoms with E-state index in [9.17, 15) is 4.79 Å². The standard InChI is InChI=1S/C16H22INO3/c1-3-21-16(19)14-6-4-5-12(15(14)17)11-18-9-7-13(20-2)8-10-18/h4-6,13H,3,7-11H2,1-2H3. The van der Waals surface area contributed by atoms with Gasteiger partial charge in [0, 0.05) is 30.3 Å². The van der Waals surface area contributed by atoms with Gasteiger partial charge in [-0.2, -0.15) is 0 Å². The first kappa shape index (κ1) is 16.7. The smallest absolute Gasteiger partial charge is 0.339 e. The highest BCUT2D eigenvalue weighted by atomic mass is 127. The van der Waals surface area contributed by atoms with Crippen molar-refractivity contribution in [3.05, 3.63) is 32.9 Å². The third kappa shape index (κ3) is 4.40. The molecule has 1 saturated heterocycles. The van der Waals surface area contributed by atoms with Crippen LogP contribution in [0.5, 0.6) is 0 Å². The first-order valence-electron chi connectivity index (χ1n) is 7.35. The molecule has 1 aliphatic heterocycles. The number of carbonyl (C=O) groups excluding carboxylic acids is 1. The van der Waals surface area contributed by atoms with Crippen LogP contribution in [0.4, 0.5) is 0 Å². The van der Waals surface area contributed by atoms with E-state index >= 15 is 0 Å². The highest BCUT2D eigenvalue weighted by molar-refractivity contribution is 14.1. The van der Waals surface area contributed by atoms with Crippen molar-refractivity contribution in [2.75, 3.05) is 26.8 Å². The summed E-state index contributed by atoms with van der Waals surface area (Å²) in [6, 6.07) is 5.86. The van der Waals surface area contributed by atoms with Crippen LogP contribution in [0.3, 0.4) is 0 Å². The second kappa shape index (κ2) is 8.10. The van der Waals surface area contributed by atoms with Gasteiger partial charge in [0.1, 0.15) is 0 Å². The van der Waals surface area contributed by atoms with Crippen molar-refractivity contribution in [3.8, 4) is 0 Å². The highest BCUT2D eigenvalue weighted by Crippen LogP contribution is 2.22. The molecule has 0 aliphatic carbocycles. The third-order valence-electron chi connectivity index (χ3n) is 3.84. The van der Waals surface area contributed by atoms with E-state index in [1.165, 1.54) is 5.56 Å². The number of benzene rings is 1. The Morgan fingerprint density at radius 2 is 2.10 bits per heavy atom. The maximum Gasteiger partial charge on any atom is 0.339 e. The number of nitrogens with zero attached hydrogens (tertiary/aromatic N) is 1. The average Bonchev–Trinajstić information content (AvgIpc) is 2.50. The predicted molar refractivity (Wildman–Crippen MR) is 90.4 cm³/mol. The normalized spacial score (nSPS) is 16.9. The maximum absolute atomic E-state index is 11.9. The summed E-state index contributed by atoms with van der Waals surface area (Å²) < 4.78 is 11.5. The van der Waals surface area contributed by atoms with Crippen LogP contribution in [0.1, 0.15) is 35.7 Å². The molecule has 116 valence electrons. The zero-order valence-corrected chi connectivity index (χ0v) is 14.8. The van der Waals surface area contributed by atoms with Gasteiger partial charge in [0.15, 0.2) is 0 Å². The lowest BCUT2D eigenvalue weighted by Crippen LogP contribution is -2.36. The summed E-state index contributed by atoms with van der Waals surface area (Å²) >= 11 is 2.25. The van der Waals surface area contributed by atoms with Crippen molar-refractivity contribution in [3.63, 3.8) is 0 Å². The van der Waals surface area contributed by atoms with Crippen molar-refractivity contribution < 1.29 is 14.3 Å². The number of rotatable bonds is 5. The molecule has 1 heterocycles. The summed E-state index contributed by atoms with van der Waals surface area (Å²) in [7, 11) is 1.78. The zero-order valence-electron chi connectivity index (χ0n) is 12.6. The first-order valence-corrected chi connectivity index (χ1v) is 8.43. The summed E-state index contributed by atoms with van der Waals surface area (Å²) in [6.45, 7) is 5.19. The number of halogens is 1.